The molecule has 0 amide bonds. The van der Waals surface area contributed by atoms with Gasteiger partial charge in [-0.25, -0.2) is 13.6 Å². The van der Waals surface area contributed by atoms with Gasteiger partial charge < -0.3 is 10.0 Å². The predicted octanol–water partition coefficient (Wildman–Crippen LogP) is 2.43. The largest absolute Gasteiger partial charge is 0.478 e. The molecule has 3 rings (SSSR count). The number of rotatable bonds is 3. The van der Waals surface area contributed by atoms with Gasteiger partial charge in [-0.2, -0.15) is 0 Å². The van der Waals surface area contributed by atoms with E-state index >= 15 is 0 Å². The fourth-order valence-electron chi connectivity index (χ4n) is 2.42. The summed E-state index contributed by atoms with van der Waals surface area (Å²) in [7, 11) is 0. The molecule has 2 heterocycles. The molecule has 0 spiro atoms. The van der Waals surface area contributed by atoms with Crippen molar-refractivity contribution < 1.29 is 18.7 Å². The summed E-state index contributed by atoms with van der Waals surface area (Å²) in [6, 6.07) is 6.50. The van der Waals surface area contributed by atoms with Gasteiger partial charge in [-0.3, -0.25) is 4.98 Å². The maximum atomic E-state index is 13.6. The number of aromatic carboxylic acids is 1. The number of anilines is 1. The standard InChI is InChI=1S/C14H12F2N2O2/c15-6-14(16)7-18(8-14)9-1-2-12-11(5-9)10(13(19)20)3-4-17-12/h1-5H,6-8H2,(H,19,20). The van der Waals surface area contributed by atoms with Crippen molar-refractivity contribution in [2.45, 2.75) is 5.67 Å². The Hall–Kier alpha value is -2.24. The number of nitrogens with zero attached hydrogens (tertiary/aromatic N) is 2. The molecule has 0 radical (unpaired) electrons. The first-order chi connectivity index (χ1) is 9.52. The Morgan fingerprint density at radius 1 is 1.40 bits per heavy atom. The molecule has 0 bridgehead atoms. The van der Waals surface area contributed by atoms with Crippen molar-refractivity contribution in [2.75, 3.05) is 24.7 Å². The number of pyridine rings is 1. The van der Waals surface area contributed by atoms with Gasteiger partial charge in [0.2, 0.25) is 0 Å². The predicted molar refractivity (Wildman–Crippen MR) is 70.7 cm³/mol. The van der Waals surface area contributed by atoms with E-state index in [1.165, 1.54) is 12.3 Å². The van der Waals surface area contributed by atoms with E-state index in [-0.39, 0.29) is 18.7 Å². The SMILES string of the molecule is O=C(O)c1ccnc2ccc(N3CC(F)(CF)C3)cc12. The van der Waals surface area contributed by atoms with E-state index in [4.69, 9.17) is 5.11 Å². The van der Waals surface area contributed by atoms with Crippen LogP contribution in [0.15, 0.2) is 30.5 Å². The van der Waals surface area contributed by atoms with Gasteiger partial charge in [-0.1, -0.05) is 0 Å². The first kappa shape index (κ1) is 12.8. The van der Waals surface area contributed by atoms with Crippen LogP contribution in [0.4, 0.5) is 14.5 Å². The number of hydrogen-bond acceptors (Lipinski definition) is 3. The van der Waals surface area contributed by atoms with Gasteiger partial charge in [0, 0.05) is 17.3 Å². The van der Waals surface area contributed by atoms with E-state index in [2.05, 4.69) is 4.98 Å². The number of carboxylic acids is 1. The van der Waals surface area contributed by atoms with Crippen molar-refractivity contribution in [1.82, 2.24) is 4.98 Å². The molecular formula is C14H12F2N2O2. The summed E-state index contributed by atoms with van der Waals surface area (Å²) in [5.41, 5.74) is -0.394. The van der Waals surface area contributed by atoms with Crippen LogP contribution in [0.2, 0.25) is 0 Å². The molecule has 6 heteroatoms. The molecule has 1 aliphatic heterocycles. The van der Waals surface area contributed by atoms with E-state index in [1.807, 2.05) is 0 Å². The van der Waals surface area contributed by atoms with Gasteiger partial charge in [0.15, 0.2) is 5.67 Å². The van der Waals surface area contributed by atoms with Crippen LogP contribution in [-0.2, 0) is 0 Å². The number of benzene rings is 1. The molecule has 1 aliphatic rings. The zero-order chi connectivity index (χ0) is 14.3. The van der Waals surface area contributed by atoms with Gasteiger partial charge in [0.1, 0.15) is 6.67 Å². The number of fused-ring (bicyclic) bond motifs is 1. The molecule has 0 unspecified atom stereocenters. The topological polar surface area (TPSA) is 53.4 Å². The van der Waals surface area contributed by atoms with Crippen LogP contribution in [0.25, 0.3) is 10.9 Å². The number of halogens is 2. The van der Waals surface area contributed by atoms with E-state index in [9.17, 15) is 13.6 Å². The molecule has 1 N–H and O–H groups in total. The summed E-state index contributed by atoms with van der Waals surface area (Å²) < 4.78 is 26.0. The molecule has 1 aromatic heterocycles. The monoisotopic (exact) mass is 278 g/mol. The smallest absolute Gasteiger partial charge is 0.336 e. The number of hydrogen-bond donors (Lipinski definition) is 1. The van der Waals surface area contributed by atoms with Crippen LogP contribution in [0.1, 0.15) is 10.4 Å². The minimum absolute atomic E-state index is 0.0162. The highest BCUT2D eigenvalue weighted by Crippen LogP contribution is 2.33. The molecule has 2 aromatic rings. The van der Waals surface area contributed by atoms with Crippen LogP contribution < -0.4 is 4.90 Å². The summed E-state index contributed by atoms with van der Waals surface area (Å²) >= 11 is 0. The quantitative estimate of drug-likeness (QED) is 0.937. The van der Waals surface area contributed by atoms with Crippen molar-refractivity contribution in [3.05, 3.63) is 36.0 Å². The minimum Gasteiger partial charge on any atom is -0.478 e. The molecule has 4 nitrogen and oxygen atoms in total. The Morgan fingerprint density at radius 2 is 2.15 bits per heavy atom. The summed E-state index contributed by atoms with van der Waals surface area (Å²) in [5, 5.41) is 9.65. The lowest BCUT2D eigenvalue weighted by molar-refractivity contribution is 0.0698. The van der Waals surface area contributed by atoms with Crippen molar-refractivity contribution in [2.24, 2.45) is 0 Å². The fourth-order valence-corrected chi connectivity index (χ4v) is 2.42. The molecule has 20 heavy (non-hydrogen) atoms. The average Bonchev–Trinajstić information content (AvgIpc) is 2.42. The van der Waals surface area contributed by atoms with Gasteiger partial charge >= 0.3 is 5.97 Å². The second-order valence-corrected chi connectivity index (χ2v) is 5.01. The number of alkyl halides is 2. The first-order valence-electron chi connectivity index (χ1n) is 6.14. The van der Waals surface area contributed by atoms with E-state index in [1.54, 1.807) is 23.1 Å². The second kappa shape index (κ2) is 4.40. The van der Waals surface area contributed by atoms with Gasteiger partial charge in [0.05, 0.1) is 24.2 Å². The average molecular weight is 278 g/mol. The van der Waals surface area contributed by atoms with Crippen molar-refractivity contribution in [3.63, 3.8) is 0 Å². The zero-order valence-electron chi connectivity index (χ0n) is 10.5. The molecular weight excluding hydrogens is 266 g/mol. The third-order valence-electron chi connectivity index (χ3n) is 3.51. The Kier molecular flexibility index (Phi) is 2.81. The molecule has 1 aromatic carbocycles. The summed E-state index contributed by atoms with van der Waals surface area (Å²) in [4.78, 5) is 17.0. The number of carboxylic acid groups (broad SMARTS) is 1. The minimum atomic E-state index is -1.78. The normalized spacial score (nSPS) is 17.0. The summed E-state index contributed by atoms with van der Waals surface area (Å²) in [6.45, 7) is -1.03. The molecule has 1 saturated heterocycles. The van der Waals surface area contributed by atoms with Gasteiger partial charge in [-0.15, -0.1) is 0 Å². The molecule has 1 fully saturated rings. The number of aromatic nitrogens is 1. The highest BCUT2D eigenvalue weighted by atomic mass is 19.2. The maximum Gasteiger partial charge on any atom is 0.336 e. The molecule has 0 saturated carbocycles. The van der Waals surface area contributed by atoms with E-state index in [0.717, 1.165) is 0 Å². The third kappa shape index (κ3) is 1.97. The Bertz CT molecular complexity index is 684. The fraction of sp³-hybridized carbons (Fsp3) is 0.286. The Balaban J connectivity index is 1.99. The lowest BCUT2D eigenvalue weighted by atomic mass is 9.96. The highest BCUT2D eigenvalue weighted by molar-refractivity contribution is 6.03. The van der Waals surface area contributed by atoms with Crippen LogP contribution in [0, 0.1) is 0 Å². The molecule has 0 aliphatic carbocycles. The summed E-state index contributed by atoms with van der Waals surface area (Å²) in [5.74, 6) is -1.04. The third-order valence-corrected chi connectivity index (χ3v) is 3.51. The van der Waals surface area contributed by atoms with Crippen LogP contribution in [0.5, 0.6) is 0 Å². The van der Waals surface area contributed by atoms with E-state index < -0.39 is 18.3 Å². The van der Waals surface area contributed by atoms with Crippen LogP contribution in [0.3, 0.4) is 0 Å². The van der Waals surface area contributed by atoms with Crippen molar-refractivity contribution in [3.8, 4) is 0 Å². The van der Waals surface area contributed by atoms with Crippen molar-refractivity contribution in [1.29, 1.82) is 0 Å². The Morgan fingerprint density at radius 3 is 2.80 bits per heavy atom. The van der Waals surface area contributed by atoms with Gasteiger partial charge in [0.25, 0.3) is 0 Å². The molecule has 0 atom stereocenters. The summed E-state index contributed by atoms with van der Waals surface area (Å²) in [6.07, 6.45) is 1.44. The Labute approximate surface area is 113 Å². The maximum absolute atomic E-state index is 13.6. The lowest BCUT2D eigenvalue weighted by Gasteiger charge is -2.44. The number of carbonyl (C=O) groups is 1. The van der Waals surface area contributed by atoms with Gasteiger partial charge in [-0.05, 0) is 24.3 Å². The highest BCUT2D eigenvalue weighted by Gasteiger charge is 2.43. The van der Waals surface area contributed by atoms with Crippen LogP contribution >= 0.6 is 0 Å². The van der Waals surface area contributed by atoms with Crippen LogP contribution in [-0.4, -0.2) is 41.5 Å². The zero-order valence-corrected chi connectivity index (χ0v) is 10.5. The molecule has 104 valence electrons. The van der Waals surface area contributed by atoms with E-state index in [0.29, 0.717) is 16.6 Å². The van der Waals surface area contributed by atoms with Crippen molar-refractivity contribution >= 4 is 22.6 Å². The second-order valence-electron chi connectivity index (χ2n) is 5.01. The first-order valence-corrected chi connectivity index (χ1v) is 6.14. The lowest BCUT2D eigenvalue weighted by Crippen LogP contribution is -2.60.